The normalized spacial score (nSPS) is 26.3. The molecule has 2 aliphatic carbocycles. The Labute approximate surface area is 300 Å². The maximum atomic E-state index is 13.5. The summed E-state index contributed by atoms with van der Waals surface area (Å²) in [5, 5.41) is 0.726. The van der Waals surface area contributed by atoms with Gasteiger partial charge < -0.3 is 19.3 Å². The highest BCUT2D eigenvalue weighted by atomic mass is 35.5. The van der Waals surface area contributed by atoms with E-state index in [0.29, 0.717) is 37.7 Å². The first-order chi connectivity index (χ1) is 24.1. The van der Waals surface area contributed by atoms with Crippen molar-refractivity contribution in [3.63, 3.8) is 0 Å². The van der Waals surface area contributed by atoms with E-state index < -0.39 is 15.9 Å². The molecule has 4 aliphatic rings. The monoisotopic (exact) mass is 719 g/mol. The number of hydrogen-bond acceptors (Lipinski definition) is 7. The zero-order valence-electron chi connectivity index (χ0n) is 28.8. The molecule has 7 rings (SSSR count). The minimum atomic E-state index is -3.84. The van der Waals surface area contributed by atoms with E-state index in [1.807, 2.05) is 35.2 Å². The zero-order chi connectivity index (χ0) is 35.0. The van der Waals surface area contributed by atoms with Crippen molar-refractivity contribution >= 4 is 44.8 Å². The fourth-order valence-corrected chi connectivity index (χ4v) is 10.1. The first-order valence-corrected chi connectivity index (χ1v) is 19.9. The number of amides is 2. The second-order valence-corrected chi connectivity index (χ2v) is 16.8. The van der Waals surface area contributed by atoms with E-state index in [4.69, 9.17) is 21.1 Å². The van der Waals surface area contributed by atoms with Crippen LogP contribution in [0, 0.1) is 11.8 Å². The molecular formula is C39H46ClN3O6S. The molecular weight excluding hydrogens is 674 g/mol. The maximum Gasteiger partial charge on any atom is 0.264 e. The molecule has 1 saturated carbocycles. The lowest BCUT2D eigenvalue weighted by Gasteiger charge is -2.49. The largest absolute Gasteiger partial charge is 0.497 e. The van der Waals surface area contributed by atoms with E-state index in [9.17, 15) is 18.0 Å². The number of rotatable bonds is 3. The summed E-state index contributed by atoms with van der Waals surface area (Å²) in [7, 11) is -2.21. The number of sulfonamides is 1. The molecule has 11 heteroatoms. The van der Waals surface area contributed by atoms with E-state index >= 15 is 0 Å². The summed E-state index contributed by atoms with van der Waals surface area (Å²) in [5.74, 6) is 1.16. The van der Waals surface area contributed by atoms with Crippen LogP contribution in [0.15, 0.2) is 60.7 Å². The molecule has 1 spiro atoms. The van der Waals surface area contributed by atoms with Gasteiger partial charge in [-0.05, 0) is 123 Å². The number of anilines is 2. The first-order valence-electron chi connectivity index (χ1n) is 17.9. The van der Waals surface area contributed by atoms with Crippen molar-refractivity contribution in [2.75, 3.05) is 42.4 Å². The minimum absolute atomic E-state index is 0.0138. The van der Waals surface area contributed by atoms with Gasteiger partial charge in [0.25, 0.3) is 5.91 Å². The van der Waals surface area contributed by atoms with Crippen LogP contribution in [0.2, 0.25) is 5.02 Å². The Hall–Kier alpha value is -3.76. The molecule has 1 N–H and O–H groups in total. The number of carbonyl (C=O) groups excluding carboxylic acids is 2. The van der Waals surface area contributed by atoms with Gasteiger partial charge in [0.15, 0.2) is 0 Å². The first kappa shape index (κ1) is 34.7. The predicted molar refractivity (Wildman–Crippen MR) is 196 cm³/mol. The van der Waals surface area contributed by atoms with Crippen LogP contribution in [0.4, 0.5) is 11.4 Å². The molecule has 9 nitrogen and oxygen atoms in total. The maximum absolute atomic E-state index is 13.5. The summed E-state index contributed by atoms with van der Waals surface area (Å²) in [6, 6.07) is 19.1. The second kappa shape index (κ2) is 14.1. The zero-order valence-corrected chi connectivity index (χ0v) is 30.4. The number of aryl methyl sites for hydroxylation is 1. The number of carbonyl (C=O) groups is 2. The number of hydrogen-bond donors (Lipinski definition) is 1. The summed E-state index contributed by atoms with van der Waals surface area (Å²) in [4.78, 5) is 31.2. The highest BCUT2D eigenvalue weighted by molar-refractivity contribution is 7.90. The van der Waals surface area contributed by atoms with Crippen molar-refractivity contribution in [2.24, 2.45) is 11.8 Å². The lowest BCUT2D eigenvalue weighted by Crippen LogP contribution is -2.53. The summed E-state index contributed by atoms with van der Waals surface area (Å²) in [5.41, 5.74) is 4.12. The third-order valence-electron chi connectivity index (χ3n) is 11.4. The Bertz CT molecular complexity index is 1870. The number of nitrogens with one attached hydrogen (secondary N) is 1. The molecule has 3 aromatic rings. The number of halogens is 1. The lowest BCUT2D eigenvalue weighted by molar-refractivity contribution is -0.117. The van der Waals surface area contributed by atoms with Crippen LogP contribution in [0.5, 0.6) is 11.5 Å². The van der Waals surface area contributed by atoms with Crippen molar-refractivity contribution in [2.45, 2.75) is 76.2 Å². The number of ether oxygens (including phenoxy) is 2. The van der Waals surface area contributed by atoms with Crippen LogP contribution in [-0.2, 0) is 26.7 Å². The molecule has 2 amide bonds. The lowest BCUT2D eigenvalue weighted by atomic mass is 9.67. The van der Waals surface area contributed by atoms with Crippen molar-refractivity contribution < 1.29 is 27.5 Å². The quantitative estimate of drug-likeness (QED) is 0.314. The van der Waals surface area contributed by atoms with Crippen LogP contribution in [0.1, 0.15) is 79.8 Å². The smallest absolute Gasteiger partial charge is 0.264 e. The van der Waals surface area contributed by atoms with Gasteiger partial charge >= 0.3 is 0 Å². The van der Waals surface area contributed by atoms with Crippen molar-refractivity contribution in [3.8, 4) is 11.5 Å². The number of benzene rings is 3. The fourth-order valence-electron chi connectivity index (χ4n) is 8.82. The molecule has 2 heterocycles. The number of methoxy groups -OCH3 is 1. The number of nitrogens with zero attached hydrogens (tertiary/aromatic N) is 2. The van der Waals surface area contributed by atoms with Crippen molar-refractivity contribution in [1.29, 1.82) is 0 Å². The topological polar surface area (TPSA) is 105 Å². The predicted octanol–water partition coefficient (Wildman–Crippen LogP) is 6.90. The van der Waals surface area contributed by atoms with Gasteiger partial charge in [0.1, 0.15) is 11.5 Å². The molecule has 0 saturated heterocycles. The Morgan fingerprint density at radius 2 is 1.84 bits per heavy atom. The van der Waals surface area contributed by atoms with Gasteiger partial charge in [0, 0.05) is 47.7 Å². The highest BCUT2D eigenvalue weighted by Gasteiger charge is 2.46. The molecule has 0 aromatic heterocycles. The van der Waals surface area contributed by atoms with Gasteiger partial charge in [0.05, 0.1) is 25.2 Å². The van der Waals surface area contributed by atoms with Crippen molar-refractivity contribution in [3.05, 3.63) is 82.4 Å². The summed E-state index contributed by atoms with van der Waals surface area (Å²) in [6.45, 7) is 3.52. The van der Waals surface area contributed by atoms with Gasteiger partial charge in [-0.2, -0.15) is 0 Å². The molecule has 3 aromatic carbocycles. The fraction of sp³-hybridized carbons (Fsp3) is 0.487. The van der Waals surface area contributed by atoms with Gasteiger partial charge in [0.2, 0.25) is 15.9 Å². The molecule has 2 aliphatic heterocycles. The summed E-state index contributed by atoms with van der Waals surface area (Å²) >= 11 is 6.46. The minimum Gasteiger partial charge on any atom is -0.497 e. The van der Waals surface area contributed by atoms with E-state index in [0.717, 1.165) is 73.6 Å². The third kappa shape index (κ3) is 6.93. The molecule has 1 fully saturated rings. The average Bonchev–Trinajstić information content (AvgIpc) is 3.22. The van der Waals surface area contributed by atoms with Crippen molar-refractivity contribution in [1.82, 2.24) is 4.72 Å². The standard InChI is InChI=1S/C39H46ClN3O6S/c1-26(44)43(31-12-14-32(48-2)15-13-31)35-8-4-3-5-20-50(46,47)41-38(45)28-10-18-37-36(22-28)42(23-29-9-16-33(29)35)24-39(25-49-37)19-6-7-27-21-30(40)11-17-34(27)39/h10-15,17-18,21-22,29,33,35H,3-9,16,19-20,23-25H2,1-2H3,(H,41,45)/t29-,33+,35+,39-/m0/s1. The number of fused-ring (bicyclic) bond motifs is 4. The van der Waals surface area contributed by atoms with Gasteiger partial charge in [-0.3, -0.25) is 9.59 Å². The Morgan fingerprint density at radius 3 is 2.58 bits per heavy atom. The van der Waals surface area contributed by atoms with Crippen LogP contribution < -0.4 is 24.0 Å². The van der Waals surface area contributed by atoms with E-state index in [2.05, 4.69) is 21.8 Å². The van der Waals surface area contributed by atoms with Crippen LogP contribution in [0.3, 0.4) is 0 Å². The van der Waals surface area contributed by atoms with Gasteiger partial charge in [-0.1, -0.05) is 30.5 Å². The second-order valence-electron chi connectivity index (χ2n) is 14.5. The highest BCUT2D eigenvalue weighted by Crippen LogP contribution is 2.48. The molecule has 266 valence electrons. The van der Waals surface area contributed by atoms with Crippen LogP contribution in [0.25, 0.3) is 0 Å². The Morgan fingerprint density at radius 1 is 1.02 bits per heavy atom. The molecule has 50 heavy (non-hydrogen) atoms. The van der Waals surface area contributed by atoms with Gasteiger partial charge in [-0.15, -0.1) is 0 Å². The third-order valence-corrected chi connectivity index (χ3v) is 13.0. The Kier molecular flexibility index (Phi) is 9.78. The van der Waals surface area contributed by atoms with E-state index in [1.54, 1.807) is 32.2 Å². The molecule has 0 unspecified atom stereocenters. The SMILES string of the molecule is COc1ccc(N(C(C)=O)[C@@H]2CCCCCS(=O)(=O)NC(=O)c3ccc4c(c3)N(C[C@@H]3CC[C@H]32)C[C@@]2(CCCc3cc(Cl)ccc32)CO4)cc1. The summed E-state index contributed by atoms with van der Waals surface area (Å²) < 4.78 is 40.4. The van der Waals surface area contributed by atoms with E-state index in [1.165, 1.54) is 11.1 Å². The molecule has 2 bridgehead atoms. The average molecular weight is 720 g/mol. The van der Waals surface area contributed by atoms with Crippen LogP contribution >= 0.6 is 11.6 Å². The summed E-state index contributed by atoms with van der Waals surface area (Å²) in [6.07, 6.45) is 7.55. The van der Waals surface area contributed by atoms with Gasteiger partial charge in [-0.25, -0.2) is 13.1 Å². The Balaban J connectivity index is 1.30. The molecule has 4 atom stereocenters. The van der Waals surface area contributed by atoms with E-state index in [-0.39, 0.29) is 34.6 Å². The van der Waals surface area contributed by atoms with Crippen LogP contribution in [-0.4, -0.2) is 58.8 Å². The molecule has 0 radical (unpaired) electrons.